The quantitative estimate of drug-likeness (QED) is 0.168. The molecule has 0 amide bonds. The van der Waals surface area contributed by atoms with E-state index >= 15 is 0 Å². The number of anilines is 3. The highest BCUT2D eigenvalue weighted by atomic mass is 32.2. The molecule has 5 aromatic rings. The summed E-state index contributed by atoms with van der Waals surface area (Å²) in [6.45, 7) is 0. The van der Waals surface area contributed by atoms with Gasteiger partial charge in [0.15, 0.2) is 0 Å². The van der Waals surface area contributed by atoms with Crippen LogP contribution in [0, 0.1) is 0 Å². The van der Waals surface area contributed by atoms with Crippen LogP contribution in [0.25, 0.3) is 21.9 Å². The van der Waals surface area contributed by atoms with Crippen molar-refractivity contribution in [2.24, 2.45) is 0 Å². The van der Waals surface area contributed by atoms with Crippen LogP contribution in [0.4, 0.5) is 30.2 Å². The number of alkyl halides is 3. The Hall–Kier alpha value is -4.30. The summed E-state index contributed by atoms with van der Waals surface area (Å²) in [5, 5.41) is 2.22. The minimum Gasteiger partial charge on any atom is -0.376 e. The smallest absolute Gasteiger partial charge is 0.376 e. The van der Waals surface area contributed by atoms with E-state index in [1.165, 1.54) is 24.3 Å². The van der Waals surface area contributed by atoms with Crippen LogP contribution >= 0.6 is 0 Å². The molecule has 0 atom stereocenters. The standard InChI is InChI=1S/C29H20F3NO3S/c30-29(31,32)37(34,35)36-26-19-15-22(16-20-26)21-13-17-25(18-14-21)33(24-9-2-1-3-10-24)28-12-6-8-23-7-4-5-11-27(23)28/h1-20H. The highest BCUT2D eigenvalue weighted by Crippen LogP contribution is 2.39. The van der Waals surface area contributed by atoms with Gasteiger partial charge in [-0.3, -0.25) is 0 Å². The largest absolute Gasteiger partial charge is 0.534 e. The maximum atomic E-state index is 12.6. The van der Waals surface area contributed by atoms with E-state index in [1.807, 2.05) is 72.8 Å². The van der Waals surface area contributed by atoms with E-state index in [1.54, 1.807) is 0 Å². The molecular weight excluding hydrogens is 499 g/mol. The maximum absolute atomic E-state index is 12.6. The van der Waals surface area contributed by atoms with Gasteiger partial charge in [-0.2, -0.15) is 21.6 Å². The van der Waals surface area contributed by atoms with Gasteiger partial charge in [-0.15, -0.1) is 0 Å². The van der Waals surface area contributed by atoms with Crippen molar-refractivity contribution in [3.05, 3.63) is 121 Å². The van der Waals surface area contributed by atoms with Crippen molar-refractivity contribution < 1.29 is 25.8 Å². The maximum Gasteiger partial charge on any atom is 0.534 e. The van der Waals surface area contributed by atoms with Crippen molar-refractivity contribution in [1.82, 2.24) is 0 Å². The molecule has 0 aliphatic carbocycles. The van der Waals surface area contributed by atoms with E-state index in [-0.39, 0.29) is 0 Å². The second-order valence-electron chi connectivity index (χ2n) is 8.22. The second-order valence-corrected chi connectivity index (χ2v) is 9.76. The fourth-order valence-electron chi connectivity index (χ4n) is 4.09. The molecule has 0 aliphatic rings. The molecule has 4 nitrogen and oxygen atoms in total. The summed E-state index contributed by atoms with van der Waals surface area (Å²) in [7, 11) is -5.72. The molecule has 0 N–H and O–H groups in total. The van der Waals surface area contributed by atoms with E-state index < -0.39 is 21.4 Å². The topological polar surface area (TPSA) is 46.6 Å². The van der Waals surface area contributed by atoms with Crippen molar-refractivity contribution in [2.75, 3.05) is 4.90 Å². The molecule has 0 saturated carbocycles. The van der Waals surface area contributed by atoms with Gasteiger partial charge in [0, 0.05) is 16.8 Å². The lowest BCUT2D eigenvalue weighted by Crippen LogP contribution is -2.28. The lowest BCUT2D eigenvalue weighted by atomic mass is 10.0. The third-order valence-electron chi connectivity index (χ3n) is 5.82. The summed E-state index contributed by atoms with van der Waals surface area (Å²) < 4.78 is 64.4. The van der Waals surface area contributed by atoms with Crippen LogP contribution in [-0.4, -0.2) is 13.9 Å². The Morgan fingerprint density at radius 3 is 1.78 bits per heavy atom. The molecule has 5 rings (SSSR count). The minimum absolute atomic E-state index is 0.413. The Kier molecular flexibility index (Phi) is 6.35. The third-order valence-corrected chi connectivity index (χ3v) is 6.80. The van der Waals surface area contributed by atoms with Gasteiger partial charge in [-0.05, 0) is 59.0 Å². The molecule has 0 unspecified atom stereocenters. The molecule has 0 aromatic heterocycles. The fourth-order valence-corrected chi connectivity index (χ4v) is 4.55. The molecular formula is C29H20F3NO3S. The van der Waals surface area contributed by atoms with Gasteiger partial charge in [0.1, 0.15) is 5.75 Å². The SMILES string of the molecule is O=S(=O)(Oc1ccc(-c2ccc(N(c3ccccc3)c3cccc4ccccc34)cc2)cc1)C(F)(F)F. The lowest BCUT2D eigenvalue weighted by molar-refractivity contribution is -0.0500. The summed E-state index contributed by atoms with van der Waals surface area (Å²) in [4.78, 5) is 2.16. The number of hydrogen-bond acceptors (Lipinski definition) is 4. The molecule has 5 aromatic carbocycles. The number of nitrogens with zero attached hydrogens (tertiary/aromatic N) is 1. The Bertz CT molecular complexity index is 1630. The molecule has 0 aliphatic heterocycles. The van der Waals surface area contributed by atoms with Crippen LogP contribution < -0.4 is 9.08 Å². The normalized spacial score (nSPS) is 11.9. The van der Waals surface area contributed by atoms with Crippen molar-refractivity contribution >= 4 is 38.0 Å². The molecule has 0 fully saturated rings. The Balaban J connectivity index is 1.48. The first kappa shape index (κ1) is 24.4. The average Bonchev–Trinajstić information content (AvgIpc) is 2.90. The molecule has 37 heavy (non-hydrogen) atoms. The predicted molar refractivity (Wildman–Crippen MR) is 140 cm³/mol. The van der Waals surface area contributed by atoms with Crippen molar-refractivity contribution in [3.8, 4) is 16.9 Å². The molecule has 0 spiro atoms. The van der Waals surface area contributed by atoms with Gasteiger partial charge in [-0.1, -0.05) is 78.9 Å². The van der Waals surface area contributed by atoms with Crippen LogP contribution in [0.5, 0.6) is 5.75 Å². The third kappa shape index (κ3) is 5.01. The highest BCUT2D eigenvalue weighted by Gasteiger charge is 2.48. The highest BCUT2D eigenvalue weighted by molar-refractivity contribution is 7.88. The minimum atomic E-state index is -5.72. The number of benzene rings is 5. The van der Waals surface area contributed by atoms with E-state index in [4.69, 9.17) is 0 Å². The van der Waals surface area contributed by atoms with Crippen LogP contribution in [0.2, 0.25) is 0 Å². The van der Waals surface area contributed by atoms with Crippen LogP contribution in [0.15, 0.2) is 121 Å². The Morgan fingerprint density at radius 1 is 0.595 bits per heavy atom. The molecule has 8 heteroatoms. The van der Waals surface area contributed by atoms with E-state index in [0.717, 1.165) is 33.4 Å². The van der Waals surface area contributed by atoms with Crippen LogP contribution in [-0.2, 0) is 10.1 Å². The Labute approximate surface area is 212 Å². The second kappa shape index (κ2) is 9.63. The number of halogens is 3. The molecule has 0 bridgehead atoms. The van der Waals surface area contributed by atoms with Crippen molar-refractivity contribution in [2.45, 2.75) is 5.51 Å². The summed E-state index contributed by atoms with van der Waals surface area (Å²) in [6, 6.07) is 37.4. The number of fused-ring (bicyclic) bond motifs is 1. The zero-order valence-electron chi connectivity index (χ0n) is 19.3. The summed E-state index contributed by atoms with van der Waals surface area (Å²) in [5.41, 5.74) is -1.07. The molecule has 0 radical (unpaired) electrons. The van der Waals surface area contributed by atoms with Crippen LogP contribution in [0.3, 0.4) is 0 Å². The molecule has 0 saturated heterocycles. The average molecular weight is 520 g/mol. The van der Waals surface area contributed by atoms with Gasteiger partial charge < -0.3 is 9.08 Å². The van der Waals surface area contributed by atoms with Gasteiger partial charge >= 0.3 is 15.6 Å². The molecule has 186 valence electrons. The molecule has 0 heterocycles. The van der Waals surface area contributed by atoms with E-state index in [9.17, 15) is 21.6 Å². The van der Waals surface area contributed by atoms with Crippen molar-refractivity contribution in [1.29, 1.82) is 0 Å². The Morgan fingerprint density at radius 2 is 1.14 bits per heavy atom. The first-order chi connectivity index (χ1) is 17.7. The summed E-state index contributed by atoms with van der Waals surface area (Å²) in [5.74, 6) is -0.413. The monoisotopic (exact) mass is 519 g/mol. The summed E-state index contributed by atoms with van der Waals surface area (Å²) >= 11 is 0. The van der Waals surface area contributed by atoms with Gasteiger partial charge in [0.2, 0.25) is 0 Å². The predicted octanol–water partition coefficient (Wildman–Crippen LogP) is 8.21. The van der Waals surface area contributed by atoms with Crippen molar-refractivity contribution in [3.63, 3.8) is 0 Å². The first-order valence-electron chi connectivity index (χ1n) is 11.3. The van der Waals surface area contributed by atoms with Crippen LogP contribution in [0.1, 0.15) is 0 Å². The van der Waals surface area contributed by atoms with E-state index in [2.05, 4.69) is 33.3 Å². The van der Waals surface area contributed by atoms with Gasteiger partial charge in [0.25, 0.3) is 0 Å². The lowest BCUT2D eigenvalue weighted by Gasteiger charge is -2.27. The first-order valence-corrected chi connectivity index (χ1v) is 12.7. The zero-order chi connectivity index (χ0) is 26.0. The zero-order valence-corrected chi connectivity index (χ0v) is 20.1. The number of rotatable bonds is 6. The van der Waals surface area contributed by atoms with Gasteiger partial charge in [-0.25, -0.2) is 0 Å². The number of para-hydroxylation sites is 1. The van der Waals surface area contributed by atoms with E-state index in [0.29, 0.717) is 5.56 Å². The summed E-state index contributed by atoms with van der Waals surface area (Å²) in [6.07, 6.45) is 0. The number of hydrogen-bond donors (Lipinski definition) is 0. The van der Waals surface area contributed by atoms with Gasteiger partial charge in [0.05, 0.1) is 5.69 Å². The fraction of sp³-hybridized carbons (Fsp3) is 0.0345.